The van der Waals surface area contributed by atoms with E-state index in [-0.39, 0.29) is 17.6 Å². The molecule has 3 rings (SSSR count). The highest BCUT2D eigenvalue weighted by Gasteiger charge is 2.08. The average molecular weight is 365 g/mol. The molecular formula is C20H19N3O2S. The summed E-state index contributed by atoms with van der Waals surface area (Å²) in [7, 11) is 0. The fourth-order valence-electron chi connectivity index (χ4n) is 2.47. The molecule has 0 aliphatic carbocycles. The number of thioether (sulfide) groups is 1. The molecule has 0 fully saturated rings. The van der Waals surface area contributed by atoms with Gasteiger partial charge in [0.25, 0.3) is 5.91 Å². The minimum atomic E-state index is -0.154. The topological polar surface area (TPSA) is 71.1 Å². The third-order valence-electron chi connectivity index (χ3n) is 3.67. The number of para-hydroxylation sites is 1. The molecule has 1 aromatic heterocycles. The van der Waals surface area contributed by atoms with Crippen LogP contribution in [0.1, 0.15) is 17.3 Å². The van der Waals surface area contributed by atoms with Crippen molar-refractivity contribution in [2.45, 2.75) is 11.9 Å². The van der Waals surface area contributed by atoms with E-state index in [0.717, 1.165) is 15.9 Å². The van der Waals surface area contributed by atoms with Gasteiger partial charge in [0, 0.05) is 23.2 Å². The first kappa shape index (κ1) is 17.9. The van der Waals surface area contributed by atoms with Crippen LogP contribution in [0.2, 0.25) is 0 Å². The molecule has 0 bridgehead atoms. The smallest absolute Gasteiger partial charge is 0.251 e. The molecule has 132 valence electrons. The number of aromatic nitrogens is 1. The van der Waals surface area contributed by atoms with Crippen LogP contribution in [0.15, 0.2) is 65.7 Å². The number of nitrogens with zero attached hydrogens (tertiary/aromatic N) is 1. The predicted octanol–water partition coefficient (Wildman–Crippen LogP) is 3.72. The molecule has 6 heteroatoms. The molecule has 0 radical (unpaired) electrons. The Kier molecular flexibility index (Phi) is 5.86. The van der Waals surface area contributed by atoms with E-state index in [1.165, 1.54) is 11.8 Å². The number of anilines is 1. The van der Waals surface area contributed by atoms with Crippen molar-refractivity contribution in [2.75, 3.05) is 17.6 Å². The molecule has 0 saturated carbocycles. The summed E-state index contributed by atoms with van der Waals surface area (Å²) in [6, 6.07) is 18.7. The van der Waals surface area contributed by atoms with Crippen molar-refractivity contribution in [1.29, 1.82) is 0 Å². The lowest BCUT2D eigenvalue weighted by Gasteiger charge is -2.08. The number of rotatable bonds is 6. The molecule has 1 heterocycles. The van der Waals surface area contributed by atoms with Gasteiger partial charge in [-0.3, -0.25) is 9.59 Å². The first-order valence-electron chi connectivity index (χ1n) is 8.32. The van der Waals surface area contributed by atoms with E-state index in [9.17, 15) is 9.59 Å². The molecule has 3 aromatic rings. The minimum absolute atomic E-state index is 0.141. The van der Waals surface area contributed by atoms with Gasteiger partial charge >= 0.3 is 0 Å². The van der Waals surface area contributed by atoms with Gasteiger partial charge < -0.3 is 10.6 Å². The van der Waals surface area contributed by atoms with Crippen LogP contribution in [0.25, 0.3) is 10.9 Å². The molecule has 2 aromatic carbocycles. The molecule has 2 N–H and O–H groups in total. The molecular weight excluding hydrogens is 346 g/mol. The maximum absolute atomic E-state index is 12.2. The summed E-state index contributed by atoms with van der Waals surface area (Å²) in [5.41, 5.74) is 2.03. The summed E-state index contributed by atoms with van der Waals surface area (Å²) in [5, 5.41) is 7.43. The number of pyridine rings is 1. The largest absolute Gasteiger partial charge is 0.352 e. The second-order valence-corrected chi connectivity index (χ2v) is 6.61. The van der Waals surface area contributed by atoms with Crippen LogP contribution in [-0.2, 0) is 4.79 Å². The van der Waals surface area contributed by atoms with Gasteiger partial charge in [-0.15, -0.1) is 0 Å². The van der Waals surface area contributed by atoms with Crippen LogP contribution in [0.5, 0.6) is 0 Å². The van der Waals surface area contributed by atoms with Gasteiger partial charge in [0.05, 0.1) is 16.3 Å². The molecule has 0 aliphatic rings. The summed E-state index contributed by atoms with van der Waals surface area (Å²) in [6.07, 6.45) is 0. The van der Waals surface area contributed by atoms with Crippen molar-refractivity contribution in [3.8, 4) is 0 Å². The fraction of sp³-hybridized carbons (Fsp3) is 0.150. The monoisotopic (exact) mass is 365 g/mol. The van der Waals surface area contributed by atoms with Crippen molar-refractivity contribution < 1.29 is 9.59 Å². The van der Waals surface area contributed by atoms with Crippen LogP contribution < -0.4 is 10.6 Å². The third kappa shape index (κ3) is 4.61. The number of benzene rings is 2. The first-order valence-corrected chi connectivity index (χ1v) is 9.31. The highest BCUT2D eigenvalue weighted by molar-refractivity contribution is 7.99. The van der Waals surface area contributed by atoms with Crippen molar-refractivity contribution in [3.63, 3.8) is 0 Å². The summed E-state index contributed by atoms with van der Waals surface area (Å²) in [4.78, 5) is 28.6. The molecule has 0 aliphatic heterocycles. The Labute approximate surface area is 156 Å². The number of fused-ring (bicyclic) bond motifs is 1. The molecule has 26 heavy (non-hydrogen) atoms. The minimum Gasteiger partial charge on any atom is -0.352 e. The first-order chi connectivity index (χ1) is 12.7. The fourth-order valence-corrected chi connectivity index (χ4v) is 3.14. The molecule has 0 saturated heterocycles. The Balaban J connectivity index is 1.60. The summed E-state index contributed by atoms with van der Waals surface area (Å²) < 4.78 is 0. The predicted molar refractivity (Wildman–Crippen MR) is 106 cm³/mol. The van der Waals surface area contributed by atoms with Crippen molar-refractivity contribution in [3.05, 3.63) is 66.2 Å². The summed E-state index contributed by atoms with van der Waals surface area (Å²) >= 11 is 1.38. The van der Waals surface area contributed by atoms with Crippen LogP contribution in [-0.4, -0.2) is 29.1 Å². The Bertz CT molecular complexity index is 943. The van der Waals surface area contributed by atoms with Crippen LogP contribution in [0.3, 0.4) is 0 Å². The molecule has 2 amide bonds. The van der Waals surface area contributed by atoms with Crippen molar-refractivity contribution in [1.82, 2.24) is 10.3 Å². The number of hydrogen-bond acceptors (Lipinski definition) is 4. The van der Waals surface area contributed by atoms with E-state index in [1.807, 2.05) is 43.3 Å². The number of amides is 2. The number of hydrogen-bond donors (Lipinski definition) is 2. The highest BCUT2D eigenvalue weighted by atomic mass is 32.2. The lowest BCUT2D eigenvalue weighted by molar-refractivity contribution is -0.113. The summed E-state index contributed by atoms with van der Waals surface area (Å²) in [5.74, 6) is -0.0483. The SMILES string of the molecule is CCNC(=O)c1cccc(NC(=O)CSc2ccc3ccccc3n2)c1. The molecule has 0 unspecified atom stereocenters. The number of nitrogens with one attached hydrogen (secondary N) is 2. The van der Waals surface area contributed by atoms with Gasteiger partial charge in [-0.1, -0.05) is 42.1 Å². The van der Waals surface area contributed by atoms with Gasteiger partial charge in [0.15, 0.2) is 0 Å². The van der Waals surface area contributed by atoms with E-state index in [4.69, 9.17) is 0 Å². The van der Waals surface area contributed by atoms with Gasteiger partial charge in [0.1, 0.15) is 0 Å². The normalized spacial score (nSPS) is 10.5. The van der Waals surface area contributed by atoms with E-state index >= 15 is 0 Å². The van der Waals surface area contributed by atoms with E-state index < -0.39 is 0 Å². The molecule has 5 nitrogen and oxygen atoms in total. The zero-order valence-corrected chi connectivity index (χ0v) is 15.2. The number of carbonyl (C=O) groups is 2. The van der Waals surface area contributed by atoms with Crippen LogP contribution in [0, 0.1) is 0 Å². The van der Waals surface area contributed by atoms with E-state index in [2.05, 4.69) is 15.6 Å². The maximum atomic E-state index is 12.2. The third-order valence-corrected chi connectivity index (χ3v) is 4.60. The summed E-state index contributed by atoms with van der Waals surface area (Å²) in [6.45, 7) is 2.42. The Morgan fingerprint density at radius 2 is 1.88 bits per heavy atom. The second kappa shape index (κ2) is 8.49. The zero-order valence-electron chi connectivity index (χ0n) is 14.4. The highest BCUT2D eigenvalue weighted by Crippen LogP contribution is 2.20. The average Bonchev–Trinajstić information content (AvgIpc) is 2.66. The Morgan fingerprint density at radius 1 is 1.04 bits per heavy atom. The lowest BCUT2D eigenvalue weighted by atomic mass is 10.2. The van der Waals surface area contributed by atoms with Crippen LogP contribution in [0.4, 0.5) is 5.69 Å². The number of carbonyl (C=O) groups excluding carboxylic acids is 2. The zero-order chi connectivity index (χ0) is 18.4. The quantitative estimate of drug-likeness (QED) is 0.653. The van der Waals surface area contributed by atoms with Crippen molar-refractivity contribution in [2.24, 2.45) is 0 Å². The van der Waals surface area contributed by atoms with Gasteiger partial charge in [-0.25, -0.2) is 4.98 Å². The van der Waals surface area contributed by atoms with Crippen molar-refractivity contribution >= 4 is 40.2 Å². The maximum Gasteiger partial charge on any atom is 0.251 e. The molecule has 0 spiro atoms. The van der Waals surface area contributed by atoms with E-state index in [0.29, 0.717) is 17.8 Å². The lowest BCUT2D eigenvalue weighted by Crippen LogP contribution is -2.23. The second-order valence-electron chi connectivity index (χ2n) is 5.62. The van der Waals surface area contributed by atoms with Crippen LogP contribution >= 0.6 is 11.8 Å². The van der Waals surface area contributed by atoms with Gasteiger partial charge in [-0.05, 0) is 37.3 Å². The van der Waals surface area contributed by atoms with Gasteiger partial charge in [-0.2, -0.15) is 0 Å². The Hall–Kier alpha value is -2.86. The standard InChI is InChI=1S/C20H19N3O2S/c1-2-21-20(25)15-7-5-8-16(12-15)22-18(24)13-26-19-11-10-14-6-3-4-9-17(14)23-19/h3-12H,2,13H2,1H3,(H,21,25)(H,22,24). The van der Waals surface area contributed by atoms with E-state index in [1.54, 1.807) is 24.3 Å². The Morgan fingerprint density at radius 3 is 2.73 bits per heavy atom. The molecule has 0 atom stereocenters. The van der Waals surface area contributed by atoms with Gasteiger partial charge in [0.2, 0.25) is 5.91 Å².